The summed E-state index contributed by atoms with van der Waals surface area (Å²) >= 11 is 0. The highest BCUT2D eigenvalue weighted by Crippen LogP contribution is 2.45. The SMILES string of the molecule is O=C(O)C1OC(c2ccc3ccccc3c2)(c2ccc3ccccc3c2)OC1C(=O)O. The third-order valence-corrected chi connectivity index (χ3v) is 5.61. The number of carbonyl (C=O) groups is 2. The molecule has 6 nitrogen and oxygen atoms in total. The predicted octanol–water partition coefficient (Wildman–Crippen LogP) is 4.15. The summed E-state index contributed by atoms with van der Waals surface area (Å²) in [6, 6.07) is 26.4. The van der Waals surface area contributed by atoms with E-state index in [1.807, 2.05) is 72.8 Å². The molecule has 154 valence electrons. The number of rotatable bonds is 4. The fraction of sp³-hybridized carbons (Fsp3) is 0.120. The zero-order valence-corrected chi connectivity index (χ0v) is 16.3. The van der Waals surface area contributed by atoms with E-state index < -0.39 is 29.9 Å². The van der Waals surface area contributed by atoms with Gasteiger partial charge >= 0.3 is 11.9 Å². The van der Waals surface area contributed by atoms with Crippen LogP contribution in [0.3, 0.4) is 0 Å². The Labute approximate surface area is 177 Å². The molecule has 2 N–H and O–H groups in total. The molecule has 0 amide bonds. The van der Waals surface area contributed by atoms with Gasteiger partial charge in [0.1, 0.15) is 0 Å². The maximum atomic E-state index is 11.8. The van der Waals surface area contributed by atoms with Crippen LogP contribution in [0.25, 0.3) is 21.5 Å². The van der Waals surface area contributed by atoms with Crippen molar-refractivity contribution in [1.82, 2.24) is 0 Å². The predicted molar refractivity (Wildman–Crippen MR) is 114 cm³/mol. The summed E-state index contributed by atoms with van der Waals surface area (Å²) in [5.74, 6) is -4.47. The number of hydrogen-bond donors (Lipinski definition) is 2. The van der Waals surface area contributed by atoms with Crippen LogP contribution in [-0.2, 0) is 24.8 Å². The van der Waals surface area contributed by atoms with E-state index in [1.165, 1.54) is 0 Å². The molecule has 0 aliphatic carbocycles. The normalized spacial score (nSPS) is 20.1. The summed E-state index contributed by atoms with van der Waals surface area (Å²) in [7, 11) is 0. The molecule has 0 spiro atoms. The van der Waals surface area contributed by atoms with Crippen molar-refractivity contribution in [2.24, 2.45) is 0 Å². The number of benzene rings is 4. The first kappa shape index (κ1) is 19.2. The summed E-state index contributed by atoms with van der Waals surface area (Å²) in [6.07, 6.45) is -3.31. The highest BCUT2D eigenvalue weighted by Gasteiger charge is 2.56. The van der Waals surface area contributed by atoms with E-state index >= 15 is 0 Å². The van der Waals surface area contributed by atoms with Crippen molar-refractivity contribution < 1.29 is 29.3 Å². The Bertz CT molecular complexity index is 1220. The first-order valence-corrected chi connectivity index (χ1v) is 9.78. The first-order valence-electron chi connectivity index (χ1n) is 9.78. The van der Waals surface area contributed by atoms with Crippen LogP contribution in [0.1, 0.15) is 11.1 Å². The van der Waals surface area contributed by atoms with Crippen LogP contribution in [-0.4, -0.2) is 34.4 Å². The van der Waals surface area contributed by atoms with Crippen molar-refractivity contribution >= 4 is 33.5 Å². The largest absolute Gasteiger partial charge is 0.479 e. The molecule has 1 fully saturated rings. The van der Waals surface area contributed by atoms with Crippen molar-refractivity contribution in [3.05, 3.63) is 96.1 Å². The lowest BCUT2D eigenvalue weighted by atomic mass is 9.93. The standard InChI is InChI=1S/C25H18O6/c26-23(27)21-22(24(28)29)31-25(30-21,19-11-9-15-5-1-3-7-17(15)13-19)20-12-10-16-6-2-4-8-18(16)14-20/h1-14,21-22H,(H,26,27)(H,28,29). The maximum Gasteiger partial charge on any atom is 0.336 e. The number of aliphatic carboxylic acids is 2. The molecule has 4 aromatic carbocycles. The van der Waals surface area contributed by atoms with E-state index in [0.29, 0.717) is 11.1 Å². The molecule has 2 unspecified atom stereocenters. The molecule has 0 aromatic heterocycles. The molecule has 1 saturated heterocycles. The fourth-order valence-corrected chi connectivity index (χ4v) is 4.10. The summed E-state index contributed by atoms with van der Waals surface area (Å²) in [5, 5.41) is 23.0. The van der Waals surface area contributed by atoms with Crippen molar-refractivity contribution in [2.75, 3.05) is 0 Å². The molecular weight excluding hydrogens is 396 g/mol. The van der Waals surface area contributed by atoms with Crippen molar-refractivity contribution in [3.8, 4) is 0 Å². The second kappa shape index (κ2) is 7.19. The lowest BCUT2D eigenvalue weighted by molar-refractivity contribution is -0.171. The number of fused-ring (bicyclic) bond motifs is 2. The Morgan fingerprint density at radius 1 is 0.613 bits per heavy atom. The van der Waals surface area contributed by atoms with Gasteiger partial charge in [-0.3, -0.25) is 0 Å². The van der Waals surface area contributed by atoms with E-state index in [4.69, 9.17) is 9.47 Å². The maximum absolute atomic E-state index is 11.8. The highest BCUT2D eigenvalue weighted by atomic mass is 16.8. The van der Waals surface area contributed by atoms with E-state index in [0.717, 1.165) is 21.5 Å². The smallest absolute Gasteiger partial charge is 0.336 e. The molecule has 2 atom stereocenters. The lowest BCUT2D eigenvalue weighted by Crippen LogP contribution is -2.36. The molecule has 1 heterocycles. The van der Waals surface area contributed by atoms with E-state index in [9.17, 15) is 19.8 Å². The monoisotopic (exact) mass is 414 g/mol. The van der Waals surface area contributed by atoms with Crippen LogP contribution in [0.4, 0.5) is 0 Å². The Morgan fingerprint density at radius 3 is 1.39 bits per heavy atom. The second-order valence-electron chi connectivity index (χ2n) is 7.49. The number of hydrogen-bond acceptors (Lipinski definition) is 4. The zero-order valence-electron chi connectivity index (χ0n) is 16.3. The van der Waals surface area contributed by atoms with Gasteiger partial charge in [-0.25, -0.2) is 9.59 Å². The number of ether oxygens (including phenoxy) is 2. The van der Waals surface area contributed by atoms with Gasteiger partial charge in [0.25, 0.3) is 0 Å². The first-order chi connectivity index (χ1) is 15.0. The summed E-state index contributed by atoms with van der Waals surface area (Å²) in [6.45, 7) is 0. The number of carboxylic acid groups (broad SMARTS) is 2. The van der Waals surface area contributed by atoms with Crippen LogP contribution >= 0.6 is 0 Å². The van der Waals surface area contributed by atoms with Crippen molar-refractivity contribution in [2.45, 2.75) is 18.0 Å². The quantitative estimate of drug-likeness (QED) is 0.521. The molecule has 31 heavy (non-hydrogen) atoms. The minimum Gasteiger partial charge on any atom is -0.479 e. The van der Waals surface area contributed by atoms with E-state index in [1.54, 1.807) is 12.1 Å². The van der Waals surface area contributed by atoms with Gasteiger partial charge in [0.05, 0.1) is 0 Å². The van der Waals surface area contributed by atoms with Gasteiger partial charge in [0.15, 0.2) is 12.2 Å². The number of carboxylic acids is 2. The van der Waals surface area contributed by atoms with Gasteiger partial charge in [0, 0.05) is 11.1 Å². The van der Waals surface area contributed by atoms with Gasteiger partial charge in [-0.1, -0.05) is 72.8 Å². The Kier molecular flexibility index (Phi) is 4.46. The van der Waals surface area contributed by atoms with Gasteiger partial charge in [-0.2, -0.15) is 0 Å². The van der Waals surface area contributed by atoms with Gasteiger partial charge < -0.3 is 19.7 Å². The fourth-order valence-electron chi connectivity index (χ4n) is 4.10. The minimum absolute atomic E-state index is 0.525. The second-order valence-corrected chi connectivity index (χ2v) is 7.49. The Balaban J connectivity index is 1.75. The average Bonchev–Trinajstić information content (AvgIpc) is 3.21. The topological polar surface area (TPSA) is 93.1 Å². The van der Waals surface area contributed by atoms with Gasteiger partial charge in [0.2, 0.25) is 5.79 Å². The van der Waals surface area contributed by atoms with Crippen LogP contribution < -0.4 is 0 Å². The van der Waals surface area contributed by atoms with Crippen molar-refractivity contribution in [3.63, 3.8) is 0 Å². The molecule has 1 aliphatic heterocycles. The Hall–Kier alpha value is -3.74. The minimum atomic E-state index is -1.68. The van der Waals surface area contributed by atoms with Gasteiger partial charge in [-0.15, -0.1) is 0 Å². The van der Waals surface area contributed by atoms with Crippen LogP contribution in [0, 0.1) is 0 Å². The zero-order chi connectivity index (χ0) is 21.6. The summed E-state index contributed by atoms with van der Waals surface area (Å²) in [5.41, 5.74) is 1.05. The average molecular weight is 414 g/mol. The molecule has 6 heteroatoms. The molecule has 0 radical (unpaired) electrons. The molecule has 1 aliphatic rings. The molecule has 0 bridgehead atoms. The highest BCUT2D eigenvalue weighted by molar-refractivity contribution is 5.87. The lowest BCUT2D eigenvalue weighted by Gasteiger charge is -2.29. The van der Waals surface area contributed by atoms with E-state index in [-0.39, 0.29) is 0 Å². The molecule has 4 aromatic rings. The molecule has 5 rings (SSSR count). The Morgan fingerprint density at radius 2 is 1.00 bits per heavy atom. The molecular formula is C25H18O6. The van der Waals surface area contributed by atoms with Crippen LogP contribution in [0.15, 0.2) is 84.9 Å². The third-order valence-electron chi connectivity index (χ3n) is 5.61. The molecule has 0 saturated carbocycles. The summed E-state index contributed by atoms with van der Waals surface area (Å²) < 4.78 is 11.9. The van der Waals surface area contributed by atoms with Crippen LogP contribution in [0.5, 0.6) is 0 Å². The summed E-state index contributed by atoms with van der Waals surface area (Å²) in [4.78, 5) is 23.6. The third kappa shape index (κ3) is 3.13. The van der Waals surface area contributed by atoms with Gasteiger partial charge in [-0.05, 0) is 33.7 Å². The van der Waals surface area contributed by atoms with Crippen molar-refractivity contribution in [1.29, 1.82) is 0 Å². The van der Waals surface area contributed by atoms with E-state index in [2.05, 4.69) is 0 Å². The van der Waals surface area contributed by atoms with Crippen LogP contribution in [0.2, 0.25) is 0 Å².